The molecule has 0 aromatic heterocycles. The molecule has 0 unspecified atom stereocenters. The summed E-state index contributed by atoms with van der Waals surface area (Å²) < 4.78 is 11.4. The van der Waals surface area contributed by atoms with Crippen molar-refractivity contribution < 1.29 is 14.3 Å². The number of rotatable bonds is 2. The van der Waals surface area contributed by atoms with Crippen LogP contribution in [0.3, 0.4) is 0 Å². The molecule has 1 N–H and O–H groups in total. The highest BCUT2D eigenvalue weighted by molar-refractivity contribution is 6.33. The zero-order valence-electron chi connectivity index (χ0n) is 11.2. The van der Waals surface area contributed by atoms with Crippen LogP contribution in [0.1, 0.15) is 29.6 Å². The summed E-state index contributed by atoms with van der Waals surface area (Å²) in [7, 11) is 0. The minimum Gasteiger partial charge on any atom is -0.373 e. The summed E-state index contributed by atoms with van der Waals surface area (Å²) in [6, 6.07) is 7.23. The van der Waals surface area contributed by atoms with Crippen molar-refractivity contribution in [2.45, 2.75) is 37.5 Å². The molecule has 5 heteroatoms. The highest BCUT2D eigenvalue weighted by atomic mass is 35.5. The lowest BCUT2D eigenvalue weighted by Crippen LogP contribution is -2.49. The number of nitrogens with one attached hydrogen (secondary N) is 1. The van der Waals surface area contributed by atoms with E-state index in [0.29, 0.717) is 23.8 Å². The Hall–Kier alpha value is -1.10. The number of halogens is 1. The van der Waals surface area contributed by atoms with E-state index in [4.69, 9.17) is 21.1 Å². The smallest absolute Gasteiger partial charge is 0.253 e. The normalized spacial score (nSPS) is 29.6. The summed E-state index contributed by atoms with van der Waals surface area (Å²) >= 11 is 6.04. The van der Waals surface area contributed by atoms with Gasteiger partial charge in [-0.15, -0.1) is 0 Å². The van der Waals surface area contributed by atoms with E-state index in [1.807, 2.05) is 12.1 Å². The van der Waals surface area contributed by atoms with E-state index in [1.165, 1.54) is 0 Å². The lowest BCUT2D eigenvalue weighted by molar-refractivity contribution is -0.157. The Morgan fingerprint density at radius 2 is 1.90 bits per heavy atom. The first-order valence-corrected chi connectivity index (χ1v) is 7.40. The molecule has 0 bridgehead atoms. The maximum atomic E-state index is 12.2. The Kier molecular flexibility index (Phi) is 4.24. The molecule has 1 aliphatic carbocycles. The molecule has 1 saturated heterocycles. The number of carbonyl (C=O) groups is 1. The predicted molar refractivity (Wildman–Crippen MR) is 76.0 cm³/mol. The monoisotopic (exact) mass is 295 g/mol. The van der Waals surface area contributed by atoms with Gasteiger partial charge in [-0.1, -0.05) is 23.7 Å². The summed E-state index contributed by atoms with van der Waals surface area (Å²) in [5.41, 5.74) is 0.525. The topological polar surface area (TPSA) is 47.6 Å². The summed E-state index contributed by atoms with van der Waals surface area (Å²) in [6.45, 7) is 1.32. The Morgan fingerprint density at radius 1 is 1.15 bits per heavy atom. The molecule has 1 heterocycles. The Bertz CT molecular complexity index is 494. The van der Waals surface area contributed by atoms with Gasteiger partial charge in [0.1, 0.15) is 0 Å². The van der Waals surface area contributed by atoms with Crippen molar-refractivity contribution in [3.8, 4) is 0 Å². The molecule has 1 aliphatic heterocycles. The van der Waals surface area contributed by atoms with Crippen LogP contribution in [0.15, 0.2) is 24.3 Å². The predicted octanol–water partition coefficient (Wildman–Crippen LogP) is 2.41. The van der Waals surface area contributed by atoms with Gasteiger partial charge in [-0.2, -0.15) is 0 Å². The molecule has 2 fully saturated rings. The van der Waals surface area contributed by atoms with Crippen LogP contribution in [-0.4, -0.2) is 37.4 Å². The Balaban J connectivity index is 1.61. The van der Waals surface area contributed by atoms with Crippen LogP contribution in [0.5, 0.6) is 0 Å². The highest BCUT2D eigenvalue weighted by Gasteiger charge is 2.34. The van der Waals surface area contributed by atoms with E-state index < -0.39 is 0 Å². The van der Waals surface area contributed by atoms with Crippen molar-refractivity contribution in [3.05, 3.63) is 34.9 Å². The molecule has 3 atom stereocenters. The molecule has 1 saturated carbocycles. The van der Waals surface area contributed by atoms with Crippen molar-refractivity contribution in [3.63, 3.8) is 0 Å². The van der Waals surface area contributed by atoms with Gasteiger partial charge in [-0.25, -0.2) is 0 Å². The highest BCUT2D eigenvalue weighted by Crippen LogP contribution is 2.27. The largest absolute Gasteiger partial charge is 0.373 e. The van der Waals surface area contributed by atoms with Gasteiger partial charge in [0, 0.05) is 6.04 Å². The second-order valence-electron chi connectivity index (χ2n) is 5.28. The zero-order chi connectivity index (χ0) is 13.9. The minimum absolute atomic E-state index is 0.106. The van der Waals surface area contributed by atoms with E-state index in [-0.39, 0.29) is 24.2 Å². The van der Waals surface area contributed by atoms with Gasteiger partial charge < -0.3 is 14.8 Å². The third kappa shape index (κ3) is 2.97. The number of carbonyl (C=O) groups excluding carboxylic acids is 1. The number of amides is 1. The van der Waals surface area contributed by atoms with Crippen molar-refractivity contribution in [1.29, 1.82) is 0 Å². The van der Waals surface area contributed by atoms with Crippen LogP contribution in [0.4, 0.5) is 0 Å². The van der Waals surface area contributed by atoms with E-state index >= 15 is 0 Å². The van der Waals surface area contributed by atoms with E-state index in [0.717, 1.165) is 19.3 Å². The maximum absolute atomic E-state index is 12.2. The molecule has 4 nitrogen and oxygen atoms in total. The standard InChI is InChI=1S/C15H18ClNO3/c16-12-4-2-1-3-11(12)15(18)17-10-5-6-13-14(9-10)20-8-7-19-13/h1-4,10,13-14H,5-9H2,(H,17,18)/t10-,13-,14-/m1/s1. The number of ether oxygens (including phenoxy) is 2. The molecule has 108 valence electrons. The third-order valence-corrected chi connectivity index (χ3v) is 4.26. The molecular formula is C15H18ClNO3. The second-order valence-corrected chi connectivity index (χ2v) is 5.69. The number of hydrogen-bond acceptors (Lipinski definition) is 3. The molecular weight excluding hydrogens is 278 g/mol. The van der Waals surface area contributed by atoms with Crippen molar-refractivity contribution >= 4 is 17.5 Å². The first kappa shape index (κ1) is 13.9. The zero-order valence-corrected chi connectivity index (χ0v) is 11.9. The summed E-state index contributed by atoms with van der Waals surface area (Å²) in [6.07, 6.45) is 2.95. The van der Waals surface area contributed by atoms with Crippen molar-refractivity contribution in [2.24, 2.45) is 0 Å². The van der Waals surface area contributed by atoms with E-state index in [2.05, 4.69) is 5.32 Å². The van der Waals surface area contributed by atoms with Crippen LogP contribution in [0.2, 0.25) is 5.02 Å². The minimum atomic E-state index is -0.115. The maximum Gasteiger partial charge on any atom is 0.253 e. The summed E-state index contributed by atoms with van der Waals surface area (Å²) in [4.78, 5) is 12.2. The van der Waals surface area contributed by atoms with Gasteiger partial charge in [-0.05, 0) is 31.4 Å². The van der Waals surface area contributed by atoms with Crippen LogP contribution in [0, 0.1) is 0 Å². The summed E-state index contributed by atoms with van der Waals surface area (Å²) in [5, 5.41) is 3.53. The van der Waals surface area contributed by atoms with Crippen LogP contribution in [-0.2, 0) is 9.47 Å². The van der Waals surface area contributed by atoms with Gasteiger partial charge >= 0.3 is 0 Å². The van der Waals surface area contributed by atoms with Crippen molar-refractivity contribution in [2.75, 3.05) is 13.2 Å². The van der Waals surface area contributed by atoms with Crippen molar-refractivity contribution in [1.82, 2.24) is 5.32 Å². The molecule has 0 spiro atoms. The second kappa shape index (κ2) is 6.12. The van der Waals surface area contributed by atoms with Gasteiger partial charge in [-0.3, -0.25) is 4.79 Å². The lowest BCUT2D eigenvalue weighted by Gasteiger charge is -2.39. The lowest BCUT2D eigenvalue weighted by atomic mass is 9.89. The SMILES string of the molecule is O=C(N[C@@H]1CC[C@H]2OCCO[C@@H]2C1)c1ccccc1Cl. The molecule has 1 amide bonds. The fourth-order valence-corrected chi connectivity index (χ4v) is 3.13. The average molecular weight is 296 g/mol. The van der Waals surface area contributed by atoms with Gasteiger partial charge in [0.05, 0.1) is 36.0 Å². The first-order chi connectivity index (χ1) is 9.74. The fourth-order valence-electron chi connectivity index (χ4n) is 2.91. The Morgan fingerprint density at radius 3 is 2.70 bits per heavy atom. The van der Waals surface area contributed by atoms with Crippen LogP contribution in [0.25, 0.3) is 0 Å². The third-order valence-electron chi connectivity index (χ3n) is 3.93. The molecule has 0 radical (unpaired) electrons. The first-order valence-electron chi connectivity index (χ1n) is 7.02. The molecule has 20 heavy (non-hydrogen) atoms. The molecule has 3 rings (SSSR count). The van der Waals surface area contributed by atoms with Gasteiger partial charge in [0.25, 0.3) is 5.91 Å². The quantitative estimate of drug-likeness (QED) is 0.911. The fraction of sp³-hybridized carbons (Fsp3) is 0.533. The number of hydrogen-bond donors (Lipinski definition) is 1. The number of fused-ring (bicyclic) bond motifs is 1. The number of benzene rings is 1. The molecule has 1 aromatic carbocycles. The molecule has 1 aromatic rings. The van der Waals surface area contributed by atoms with Gasteiger partial charge in [0.2, 0.25) is 0 Å². The summed E-state index contributed by atoms with van der Waals surface area (Å²) in [5.74, 6) is -0.115. The van der Waals surface area contributed by atoms with E-state index in [1.54, 1.807) is 12.1 Å². The average Bonchev–Trinajstić information content (AvgIpc) is 2.47. The molecule has 2 aliphatic rings. The van der Waals surface area contributed by atoms with E-state index in [9.17, 15) is 4.79 Å². The van der Waals surface area contributed by atoms with Crippen LogP contribution >= 0.6 is 11.6 Å². The van der Waals surface area contributed by atoms with Gasteiger partial charge in [0.15, 0.2) is 0 Å². The Labute approximate surface area is 123 Å². The van der Waals surface area contributed by atoms with Crippen LogP contribution < -0.4 is 5.32 Å².